The van der Waals surface area contributed by atoms with E-state index in [9.17, 15) is 10.1 Å². The summed E-state index contributed by atoms with van der Waals surface area (Å²) < 4.78 is 10.6. The van der Waals surface area contributed by atoms with Gasteiger partial charge in [-0.05, 0) is 38.0 Å². The van der Waals surface area contributed by atoms with Crippen molar-refractivity contribution in [2.45, 2.75) is 45.1 Å². The van der Waals surface area contributed by atoms with Crippen molar-refractivity contribution < 1.29 is 14.4 Å². The molecule has 0 unspecified atom stereocenters. The molecule has 1 aliphatic carbocycles. The lowest BCUT2D eigenvalue weighted by atomic mass is 9.96. The van der Waals surface area contributed by atoms with Crippen molar-refractivity contribution in [2.75, 3.05) is 13.7 Å². The van der Waals surface area contributed by atoms with E-state index in [4.69, 9.17) is 21.7 Å². The highest BCUT2D eigenvalue weighted by atomic mass is 32.1. The second-order valence-electron chi connectivity index (χ2n) is 5.94. The lowest BCUT2D eigenvalue weighted by Crippen LogP contribution is -2.40. The minimum Gasteiger partial charge on any atom is -0.490 e. The molecule has 8 nitrogen and oxygen atoms in total. The first-order valence-corrected chi connectivity index (χ1v) is 9.04. The van der Waals surface area contributed by atoms with Crippen molar-refractivity contribution in [3.05, 3.63) is 27.8 Å². The van der Waals surface area contributed by atoms with Gasteiger partial charge in [0.25, 0.3) is 0 Å². The number of nitrogens with one attached hydrogen (secondary N) is 2. The fourth-order valence-corrected chi connectivity index (χ4v) is 3.14. The number of nitrogens with zero attached hydrogens (tertiary/aromatic N) is 2. The van der Waals surface area contributed by atoms with Gasteiger partial charge in [-0.25, -0.2) is 0 Å². The number of nitro benzene ring substituents is 1. The molecule has 1 aliphatic rings. The molecule has 0 bridgehead atoms. The third-order valence-corrected chi connectivity index (χ3v) is 4.29. The molecule has 0 aliphatic heterocycles. The Labute approximate surface area is 158 Å². The number of thiocarbonyl (C=S) groups is 1. The zero-order valence-electron chi connectivity index (χ0n) is 15.0. The number of hydrogen-bond acceptors (Lipinski definition) is 6. The summed E-state index contributed by atoms with van der Waals surface area (Å²) in [6.45, 7) is 2.16. The summed E-state index contributed by atoms with van der Waals surface area (Å²) in [5, 5.41) is 19.0. The minimum atomic E-state index is -0.513. The van der Waals surface area contributed by atoms with Gasteiger partial charge in [0, 0.05) is 17.7 Å². The molecule has 0 heterocycles. The number of rotatable bonds is 7. The van der Waals surface area contributed by atoms with Gasteiger partial charge in [-0.15, -0.1) is 0 Å². The van der Waals surface area contributed by atoms with Gasteiger partial charge in [0.2, 0.25) is 5.75 Å². The maximum Gasteiger partial charge on any atom is 0.315 e. The topological polar surface area (TPSA) is 98.0 Å². The highest BCUT2D eigenvalue weighted by molar-refractivity contribution is 7.80. The Morgan fingerprint density at radius 2 is 2.15 bits per heavy atom. The summed E-state index contributed by atoms with van der Waals surface area (Å²) in [4.78, 5) is 10.8. The third kappa shape index (κ3) is 5.55. The summed E-state index contributed by atoms with van der Waals surface area (Å²) in [5.74, 6) is 0.394. The summed E-state index contributed by atoms with van der Waals surface area (Å²) in [5.41, 5.74) is 3.09. The summed E-state index contributed by atoms with van der Waals surface area (Å²) >= 11 is 5.24. The maximum atomic E-state index is 11.3. The van der Waals surface area contributed by atoms with Gasteiger partial charge in [-0.3, -0.25) is 15.5 Å². The van der Waals surface area contributed by atoms with E-state index >= 15 is 0 Å². The molecule has 2 N–H and O–H groups in total. The smallest absolute Gasteiger partial charge is 0.315 e. The Hall–Kier alpha value is -2.42. The molecule has 1 saturated carbocycles. The largest absolute Gasteiger partial charge is 0.490 e. The quantitative estimate of drug-likeness (QED) is 0.324. The van der Waals surface area contributed by atoms with Crippen LogP contribution < -0.4 is 20.2 Å². The Morgan fingerprint density at radius 1 is 1.42 bits per heavy atom. The summed E-state index contributed by atoms with van der Waals surface area (Å²) in [6.07, 6.45) is 7.36. The van der Waals surface area contributed by atoms with E-state index < -0.39 is 4.92 Å². The van der Waals surface area contributed by atoms with Gasteiger partial charge in [-0.2, -0.15) is 5.10 Å². The van der Waals surface area contributed by atoms with Crippen molar-refractivity contribution in [1.82, 2.24) is 10.7 Å². The highest BCUT2D eigenvalue weighted by Crippen LogP contribution is 2.37. The van der Waals surface area contributed by atoms with Gasteiger partial charge >= 0.3 is 5.69 Å². The highest BCUT2D eigenvalue weighted by Gasteiger charge is 2.21. The minimum absolute atomic E-state index is 0.0939. The number of ether oxygens (including phenoxy) is 2. The maximum absolute atomic E-state index is 11.3. The number of hydrogen-bond donors (Lipinski definition) is 2. The molecule has 142 valence electrons. The third-order valence-electron chi connectivity index (χ3n) is 4.08. The van der Waals surface area contributed by atoms with Gasteiger partial charge in [0.15, 0.2) is 10.9 Å². The van der Waals surface area contributed by atoms with Crippen molar-refractivity contribution in [3.8, 4) is 11.5 Å². The second-order valence-corrected chi connectivity index (χ2v) is 6.35. The Morgan fingerprint density at radius 3 is 2.77 bits per heavy atom. The molecule has 0 spiro atoms. The van der Waals surface area contributed by atoms with E-state index in [2.05, 4.69) is 15.8 Å². The van der Waals surface area contributed by atoms with E-state index in [1.807, 2.05) is 0 Å². The van der Waals surface area contributed by atoms with Crippen molar-refractivity contribution in [1.29, 1.82) is 0 Å². The van der Waals surface area contributed by atoms with E-state index in [0.29, 0.717) is 29.1 Å². The van der Waals surface area contributed by atoms with E-state index in [1.54, 1.807) is 13.0 Å². The molecule has 1 aromatic rings. The second kappa shape index (κ2) is 9.91. The molecule has 0 saturated heterocycles. The van der Waals surface area contributed by atoms with Gasteiger partial charge in [-0.1, -0.05) is 19.3 Å². The first-order chi connectivity index (χ1) is 12.5. The molecular formula is C17H24N4O4S. The predicted molar refractivity (Wildman–Crippen MR) is 104 cm³/mol. The van der Waals surface area contributed by atoms with Crippen LogP contribution in [0.1, 0.15) is 44.6 Å². The van der Waals surface area contributed by atoms with Gasteiger partial charge in [0.05, 0.1) is 24.9 Å². The van der Waals surface area contributed by atoms with Gasteiger partial charge < -0.3 is 14.8 Å². The Kier molecular flexibility index (Phi) is 7.58. The van der Waals surface area contributed by atoms with Crippen LogP contribution in [0.3, 0.4) is 0 Å². The Balaban J connectivity index is 2.06. The first kappa shape index (κ1) is 19.9. The van der Waals surface area contributed by atoms with Crippen LogP contribution in [0.2, 0.25) is 0 Å². The van der Waals surface area contributed by atoms with Crippen LogP contribution in [0, 0.1) is 10.1 Å². The van der Waals surface area contributed by atoms with Crippen LogP contribution in [0.25, 0.3) is 0 Å². The SMILES string of the molecule is CCOc1cc(/C=N\NC(=S)NC2CCCCC2)cc([N+](=O)[O-])c1OC. The van der Waals surface area contributed by atoms with Crippen LogP contribution in [0.4, 0.5) is 5.69 Å². The fourth-order valence-electron chi connectivity index (χ4n) is 2.92. The van der Waals surface area contributed by atoms with Crippen LogP contribution in [-0.4, -0.2) is 36.0 Å². The van der Waals surface area contributed by atoms with Crippen LogP contribution >= 0.6 is 12.2 Å². The van der Waals surface area contributed by atoms with Crippen molar-refractivity contribution in [2.24, 2.45) is 5.10 Å². The lowest BCUT2D eigenvalue weighted by molar-refractivity contribution is -0.385. The standard InChI is InChI=1S/C17H24N4O4S/c1-3-25-15-10-12(9-14(21(22)23)16(15)24-2)11-18-20-17(26)19-13-7-5-4-6-8-13/h9-11,13H,3-8H2,1-2H3,(H2,19,20,26)/b18-11-. The average molecular weight is 380 g/mol. The molecule has 1 fully saturated rings. The lowest BCUT2D eigenvalue weighted by Gasteiger charge is -2.23. The number of methoxy groups -OCH3 is 1. The van der Waals surface area contributed by atoms with E-state index in [-0.39, 0.29) is 11.4 Å². The number of nitro groups is 1. The van der Waals surface area contributed by atoms with Crippen LogP contribution in [-0.2, 0) is 0 Å². The molecule has 0 amide bonds. The fraction of sp³-hybridized carbons (Fsp3) is 0.529. The Bertz CT molecular complexity index is 675. The molecule has 0 aromatic heterocycles. The molecule has 26 heavy (non-hydrogen) atoms. The molecule has 9 heteroatoms. The molecule has 2 rings (SSSR count). The van der Waals surface area contributed by atoms with Gasteiger partial charge in [0.1, 0.15) is 0 Å². The van der Waals surface area contributed by atoms with Crippen molar-refractivity contribution in [3.63, 3.8) is 0 Å². The van der Waals surface area contributed by atoms with E-state index in [0.717, 1.165) is 12.8 Å². The molecule has 0 atom stereocenters. The molecular weight excluding hydrogens is 356 g/mol. The summed E-state index contributed by atoms with van der Waals surface area (Å²) in [7, 11) is 1.37. The predicted octanol–water partition coefficient (Wildman–Crippen LogP) is 3.13. The molecule has 1 aromatic carbocycles. The van der Waals surface area contributed by atoms with Crippen molar-refractivity contribution >= 4 is 29.2 Å². The number of benzene rings is 1. The van der Waals surface area contributed by atoms with E-state index in [1.165, 1.54) is 38.7 Å². The first-order valence-electron chi connectivity index (χ1n) is 8.64. The summed E-state index contributed by atoms with van der Waals surface area (Å²) in [6, 6.07) is 3.40. The zero-order chi connectivity index (χ0) is 18.9. The number of hydrazone groups is 1. The molecule has 0 radical (unpaired) electrons. The average Bonchev–Trinajstić information content (AvgIpc) is 2.62. The van der Waals surface area contributed by atoms with Crippen LogP contribution in [0.15, 0.2) is 17.2 Å². The normalized spacial score (nSPS) is 14.8. The monoisotopic (exact) mass is 380 g/mol. The zero-order valence-corrected chi connectivity index (χ0v) is 15.8. The van der Waals surface area contributed by atoms with Crippen LogP contribution in [0.5, 0.6) is 11.5 Å².